The summed E-state index contributed by atoms with van der Waals surface area (Å²) in [6.07, 6.45) is 0. The van der Waals surface area contributed by atoms with Crippen LogP contribution < -0.4 is 0 Å². The SMILES string of the molecule is Cc1cc2ccccc2n1Cc1ccc(C(=O)O)cc1F. The molecule has 21 heavy (non-hydrogen) atoms. The van der Waals surface area contributed by atoms with Gasteiger partial charge in [-0.15, -0.1) is 0 Å². The van der Waals surface area contributed by atoms with Crippen LogP contribution in [0, 0.1) is 12.7 Å². The van der Waals surface area contributed by atoms with Crippen molar-refractivity contribution in [2.75, 3.05) is 0 Å². The molecule has 3 aromatic rings. The lowest BCUT2D eigenvalue weighted by atomic mass is 10.1. The predicted octanol–water partition coefficient (Wildman–Crippen LogP) is 3.84. The van der Waals surface area contributed by atoms with Crippen molar-refractivity contribution in [3.8, 4) is 0 Å². The molecule has 0 radical (unpaired) electrons. The lowest BCUT2D eigenvalue weighted by Crippen LogP contribution is -2.05. The molecule has 2 aromatic carbocycles. The van der Waals surface area contributed by atoms with E-state index in [0.717, 1.165) is 22.7 Å². The highest BCUT2D eigenvalue weighted by Gasteiger charge is 2.11. The van der Waals surface area contributed by atoms with Crippen LogP contribution in [0.25, 0.3) is 10.9 Å². The van der Waals surface area contributed by atoms with Gasteiger partial charge in [-0.3, -0.25) is 0 Å². The second-order valence-electron chi connectivity index (χ2n) is 5.04. The van der Waals surface area contributed by atoms with Gasteiger partial charge in [-0.2, -0.15) is 0 Å². The van der Waals surface area contributed by atoms with Crippen molar-refractivity contribution in [2.45, 2.75) is 13.5 Å². The van der Waals surface area contributed by atoms with Crippen molar-refractivity contribution >= 4 is 16.9 Å². The van der Waals surface area contributed by atoms with Gasteiger partial charge < -0.3 is 9.67 Å². The summed E-state index contributed by atoms with van der Waals surface area (Å²) in [6.45, 7) is 2.36. The molecule has 0 saturated heterocycles. The summed E-state index contributed by atoms with van der Waals surface area (Å²) in [4.78, 5) is 10.8. The Morgan fingerprint density at radius 3 is 2.67 bits per heavy atom. The number of aryl methyl sites for hydroxylation is 1. The van der Waals surface area contributed by atoms with E-state index in [-0.39, 0.29) is 5.56 Å². The largest absolute Gasteiger partial charge is 0.478 e. The van der Waals surface area contributed by atoms with E-state index in [0.29, 0.717) is 12.1 Å². The Morgan fingerprint density at radius 1 is 1.19 bits per heavy atom. The topological polar surface area (TPSA) is 42.2 Å². The first-order chi connectivity index (χ1) is 10.1. The maximum absolute atomic E-state index is 14.1. The van der Waals surface area contributed by atoms with E-state index < -0.39 is 11.8 Å². The molecule has 0 amide bonds. The first-order valence-corrected chi connectivity index (χ1v) is 6.63. The summed E-state index contributed by atoms with van der Waals surface area (Å²) in [7, 11) is 0. The van der Waals surface area contributed by atoms with Gasteiger partial charge in [0.2, 0.25) is 0 Å². The second-order valence-corrected chi connectivity index (χ2v) is 5.04. The summed E-state index contributed by atoms with van der Waals surface area (Å²) < 4.78 is 16.1. The molecule has 4 heteroatoms. The van der Waals surface area contributed by atoms with Gasteiger partial charge in [0.25, 0.3) is 0 Å². The molecule has 0 saturated carbocycles. The number of halogens is 1. The van der Waals surface area contributed by atoms with Crippen molar-refractivity contribution in [3.05, 3.63) is 71.2 Å². The van der Waals surface area contributed by atoms with Gasteiger partial charge in [-0.25, -0.2) is 9.18 Å². The van der Waals surface area contributed by atoms with Crippen LogP contribution in [-0.2, 0) is 6.54 Å². The molecule has 0 spiro atoms. The molecular weight excluding hydrogens is 269 g/mol. The lowest BCUT2D eigenvalue weighted by molar-refractivity contribution is 0.0696. The van der Waals surface area contributed by atoms with Crippen LogP contribution in [0.15, 0.2) is 48.5 Å². The summed E-state index contributed by atoms with van der Waals surface area (Å²) in [5.41, 5.74) is 2.52. The van der Waals surface area contributed by atoms with E-state index in [2.05, 4.69) is 6.07 Å². The number of carboxylic acids is 1. The molecule has 0 bridgehead atoms. The first kappa shape index (κ1) is 13.4. The monoisotopic (exact) mass is 283 g/mol. The number of nitrogens with zero attached hydrogens (tertiary/aromatic N) is 1. The molecule has 106 valence electrons. The van der Waals surface area contributed by atoms with Crippen LogP contribution in [-0.4, -0.2) is 15.6 Å². The molecule has 1 aromatic heterocycles. The Bertz CT molecular complexity index is 836. The fourth-order valence-electron chi connectivity index (χ4n) is 2.54. The fourth-order valence-corrected chi connectivity index (χ4v) is 2.54. The summed E-state index contributed by atoms with van der Waals surface area (Å²) >= 11 is 0. The smallest absolute Gasteiger partial charge is 0.335 e. The van der Waals surface area contributed by atoms with Crippen LogP contribution in [0.3, 0.4) is 0 Å². The van der Waals surface area contributed by atoms with E-state index in [1.165, 1.54) is 12.1 Å². The molecule has 1 heterocycles. The van der Waals surface area contributed by atoms with E-state index in [1.807, 2.05) is 35.8 Å². The minimum absolute atomic E-state index is 0.0367. The number of para-hydroxylation sites is 1. The number of hydrogen-bond acceptors (Lipinski definition) is 1. The molecule has 0 aliphatic carbocycles. The van der Waals surface area contributed by atoms with Crippen molar-refractivity contribution in [2.24, 2.45) is 0 Å². The normalized spacial score (nSPS) is 11.0. The van der Waals surface area contributed by atoms with Crippen molar-refractivity contribution in [1.82, 2.24) is 4.57 Å². The Labute approximate surface area is 121 Å². The zero-order valence-electron chi connectivity index (χ0n) is 11.5. The standard InChI is InChI=1S/C17H14FNO2/c1-11-8-12-4-2-3-5-16(12)19(11)10-14-7-6-13(17(20)21)9-15(14)18/h2-9H,10H2,1H3,(H,20,21). The number of carboxylic acid groups (broad SMARTS) is 1. The van der Waals surface area contributed by atoms with Gasteiger partial charge in [0.15, 0.2) is 0 Å². The summed E-state index contributed by atoms with van der Waals surface area (Å²) in [5, 5.41) is 9.98. The minimum Gasteiger partial charge on any atom is -0.478 e. The summed E-state index contributed by atoms with van der Waals surface area (Å²) in [5.74, 6) is -1.62. The molecule has 3 rings (SSSR count). The zero-order valence-corrected chi connectivity index (χ0v) is 11.5. The van der Waals surface area contributed by atoms with Gasteiger partial charge in [0.1, 0.15) is 5.82 Å². The van der Waals surface area contributed by atoms with Gasteiger partial charge in [-0.05, 0) is 36.6 Å². The molecule has 0 unspecified atom stereocenters. The highest BCUT2D eigenvalue weighted by Crippen LogP contribution is 2.22. The first-order valence-electron chi connectivity index (χ1n) is 6.63. The van der Waals surface area contributed by atoms with Crippen LogP contribution in [0.4, 0.5) is 4.39 Å². The molecule has 3 nitrogen and oxygen atoms in total. The minimum atomic E-state index is -1.12. The predicted molar refractivity (Wildman–Crippen MR) is 79.1 cm³/mol. The van der Waals surface area contributed by atoms with Gasteiger partial charge in [0, 0.05) is 16.8 Å². The van der Waals surface area contributed by atoms with E-state index in [4.69, 9.17) is 5.11 Å². The molecule has 0 aliphatic rings. The number of fused-ring (bicyclic) bond motifs is 1. The van der Waals surface area contributed by atoms with E-state index in [1.54, 1.807) is 0 Å². The number of aromatic carboxylic acids is 1. The third kappa shape index (κ3) is 2.40. The second kappa shape index (κ2) is 5.05. The number of aromatic nitrogens is 1. The van der Waals surface area contributed by atoms with Crippen LogP contribution >= 0.6 is 0 Å². The zero-order chi connectivity index (χ0) is 15.0. The molecular formula is C17H14FNO2. The van der Waals surface area contributed by atoms with Crippen molar-refractivity contribution in [3.63, 3.8) is 0 Å². The Balaban J connectivity index is 2.03. The molecule has 0 atom stereocenters. The van der Waals surface area contributed by atoms with Gasteiger partial charge >= 0.3 is 5.97 Å². The maximum Gasteiger partial charge on any atom is 0.335 e. The van der Waals surface area contributed by atoms with Crippen molar-refractivity contribution < 1.29 is 14.3 Å². The average Bonchev–Trinajstić information content (AvgIpc) is 2.77. The van der Waals surface area contributed by atoms with E-state index in [9.17, 15) is 9.18 Å². The number of hydrogen-bond donors (Lipinski definition) is 1. The maximum atomic E-state index is 14.1. The molecule has 0 fully saturated rings. The molecule has 1 N–H and O–H groups in total. The average molecular weight is 283 g/mol. The number of rotatable bonds is 3. The molecule has 0 aliphatic heterocycles. The van der Waals surface area contributed by atoms with Crippen molar-refractivity contribution in [1.29, 1.82) is 0 Å². The number of carbonyl (C=O) groups is 1. The Kier molecular flexibility index (Phi) is 3.22. The third-order valence-corrected chi connectivity index (χ3v) is 3.65. The number of benzene rings is 2. The van der Waals surface area contributed by atoms with Crippen LogP contribution in [0.2, 0.25) is 0 Å². The highest BCUT2D eigenvalue weighted by atomic mass is 19.1. The van der Waals surface area contributed by atoms with Crippen LogP contribution in [0.1, 0.15) is 21.6 Å². The fraction of sp³-hybridized carbons (Fsp3) is 0.118. The Hall–Kier alpha value is -2.62. The third-order valence-electron chi connectivity index (χ3n) is 3.65. The van der Waals surface area contributed by atoms with Gasteiger partial charge in [0.05, 0.1) is 12.1 Å². The lowest BCUT2D eigenvalue weighted by Gasteiger charge is -2.10. The highest BCUT2D eigenvalue weighted by molar-refractivity contribution is 5.87. The summed E-state index contributed by atoms with van der Waals surface area (Å²) in [6, 6.07) is 14.0. The van der Waals surface area contributed by atoms with Crippen LogP contribution in [0.5, 0.6) is 0 Å². The van der Waals surface area contributed by atoms with Gasteiger partial charge in [-0.1, -0.05) is 24.3 Å². The Morgan fingerprint density at radius 2 is 1.95 bits per heavy atom. The van der Waals surface area contributed by atoms with E-state index >= 15 is 0 Å². The quantitative estimate of drug-likeness (QED) is 0.793.